The van der Waals surface area contributed by atoms with Gasteiger partial charge in [0.25, 0.3) is 5.91 Å². The van der Waals surface area contributed by atoms with Crippen LogP contribution in [0.1, 0.15) is 17.3 Å². The first-order chi connectivity index (χ1) is 8.56. The molecule has 1 heterocycles. The quantitative estimate of drug-likeness (QED) is 0.733. The fourth-order valence-electron chi connectivity index (χ4n) is 1.61. The van der Waals surface area contributed by atoms with Crippen LogP contribution in [0.15, 0.2) is 29.3 Å². The van der Waals surface area contributed by atoms with E-state index >= 15 is 0 Å². The Hall–Kier alpha value is -2.37. The fraction of sp³-hybridized carbons (Fsp3) is 0.250. The number of carbonyl (C=O) groups excluding carboxylic acids is 1. The highest BCUT2D eigenvalue weighted by atomic mass is 16.4. The van der Waals surface area contributed by atoms with Crippen molar-refractivity contribution in [1.29, 1.82) is 0 Å². The lowest BCUT2D eigenvalue weighted by Crippen LogP contribution is -2.36. The summed E-state index contributed by atoms with van der Waals surface area (Å²) < 4.78 is 0. The van der Waals surface area contributed by atoms with E-state index in [2.05, 4.69) is 15.6 Å². The van der Waals surface area contributed by atoms with Crippen LogP contribution < -0.4 is 10.6 Å². The van der Waals surface area contributed by atoms with Gasteiger partial charge in [-0.3, -0.25) is 9.79 Å². The molecule has 94 valence electrons. The van der Waals surface area contributed by atoms with E-state index in [1.165, 1.54) is 12.1 Å². The zero-order chi connectivity index (χ0) is 13.1. The van der Waals surface area contributed by atoms with Crippen molar-refractivity contribution < 1.29 is 14.7 Å². The van der Waals surface area contributed by atoms with Crippen LogP contribution in [0.4, 0.5) is 5.69 Å². The molecule has 3 N–H and O–H groups in total. The second kappa shape index (κ2) is 4.87. The Kier molecular flexibility index (Phi) is 3.27. The highest BCUT2D eigenvalue weighted by molar-refractivity contribution is 6.42. The normalized spacial score (nSPS) is 17.8. The molecule has 0 saturated heterocycles. The van der Waals surface area contributed by atoms with Gasteiger partial charge in [-0.25, -0.2) is 4.79 Å². The predicted octanol–water partition coefficient (Wildman–Crippen LogP) is 0.714. The molecule has 6 heteroatoms. The molecular weight excluding hydrogens is 234 g/mol. The number of benzene rings is 1. The number of nitrogens with one attached hydrogen (secondary N) is 2. The van der Waals surface area contributed by atoms with Crippen molar-refractivity contribution in [2.24, 2.45) is 4.99 Å². The topological polar surface area (TPSA) is 90.8 Å². The van der Waals surface area contributed by atoms with E-state index in [-0.39, 0.29) is 23.3 Å². The standard InChI is InChI=1S/C12H13N3O3/c1-7-6-13-10(14-7)11(16)15-9-4-2-3-8(5-9)12(17)18/h2-5,7H,6H2,1H3,(H,13,14)(H,15,16)(H,17,18). The molecule has 0 radical (unpaired) electrons. The maximum atomic E-state index is 11.8. The SMILES string of the molecule is CC1CN=C(C(=O)Nc2cccc(C(=O)O)c2)N1. The van der Waals surface area contributed by atoms with Gasteiger partial charge < -0.3 is 15.7 Å². The van der Waals surface area contributed by atoms with E-state index in [9.17, 15) is 9.59 Å². The molecule has 0 spiro atoms. The summed E-state index contributed by atoms with van der Waals surface area (Å²) in [5.74, 6) is -1.11. The van der Waals surface area contributed by atoms with E-state index in [0.29, 0.717) is 12.2 Å². The van der Waals surface area contributed by atoms with Crippen LogP contribution in [0.25, 0.3) is 0 Å². The number of carboxylic acids is 1. The minimum Gasteiger partial charge on any atom is -0.478 e. The molecule has 18 heavy (non-hydrogen) atoms. The van der Waals surface area contributed by atoms with Crippen molar-refractivity contribution in [3.63, 3.8) is 0 Å². The number of carbonyl (C=O) groups is 2. The maximum Gasteiger partial charge on any atom is 0.335 e. The Morgan fingerprint density at radius 3 is 2.89 bits per heavy atom. The average Bonchev–Trinajstić information content (AvgIpc) is 2.76. The number of aromatic carboxylic acids is 1. The molecule has 6 nitrogen and oxygen atoms in total. The molecule has 1 amide bonds. The third-order valence-electron chi connectivity index (χ3n) is 2.49. The Balaban J connectivity index is 2.07. The van der Waals surface area contributed by atoms with Crippen LogP contribution in [0, 0.1) is 0 Å². The number of hydrogen-bond donors (Lipinski definition) is 3. The van der Waals surface area contributed by atoms with E-state index in [1.807, 2.05) is 6.92 Å². The van der Waals surface area contributed by atoms with Crippen molar-refractivity contribution in [2.45, 2.75) is 13.0 Å². The first-order valence-corrected chi connectivity index (χ1v) is 5.52. The van der Waals surface area contributed by atoms with E-state index < -0.39 is 5.97 Å². The van der Waals surface area contributed by atoms with Crippen LogP contribution in [0.5, 0.6) is 0 Å². The number of anilines is 1. The van der Waals surface area contributed by atoms with Gasteiger partial charge in [0.05, 0.1) is 12.1 Å². The molecule has 0 bridgehead atoms. The fourth-order valence-corrected chi connectivity index (χ4v) is 1.61. The summed E-state index contributed by atoms with van der Waals surface area (Å²) in [6.07, 6.45) is 0. The van der Waals surface area contributed by atoms with Crippen molar-refractivity contribution in [1.82, 2.24) is 5.32 Å². The van der Waals surface area contributed by atoms with E-state index in [0.717, 1.165) is 0 Å². The molecular formula is C12H13N3O3. The Morgan fingerprint density at radius 1 is 1.50 bits per heavy atom. The molecule has 1 aliphatic heterocycles. The Labute approximate surface area is 104 Å². The maximum absolute atomic E-state index is 11.8. The number of nitrogens with zero attached hydrogens (tertiary/aromatic N) is 1. The first-order valence-electron chi connectivity index (χ1n) is 5.52. The average molecular weight is 247 g/mol. The second-order valence-corrected chi connectivity index (χ2v) is 4.07. The molecule has 1 unspecified atom stereocenters. The van der Waals surface area contributed by atoms with E-state index in [4.69, 9.17) is 5.11 Å². The van der Waals surface area contributed by atoms with Gasteiger partial charge in [-0.15, -0.1) is 0 Å². The number of carboxylic acid groups (broad SMARTS) is 1. The second-order valence-electron chi connectivity index (χ2n) is 4.07. The van der Waals surface area contributed by atoms with Crippen molar-refractivity contribution in [3.8, 4) is 0 Å². The molecule has 0 aromatic heterocycles. The van der Waals surface area contributed by atoms with Crippen molar-refractivity contribution in [2.75, 3.05) is 11.9 Å². The van der Waals surface area contributed by atoms with Crippen LogP contribution in [-0.2, 0) is 4.79 Å². The minimum absolute atomic E-state index is 0.127. The number of rotatable bonds is 3. The highest BCUT2D eigenvalue weighted by Crippen LogP contribution is 2.11. The van der Waals surface area contributed by atoms with Gasteiger partial charge in [-0.2, -0.15) is 0 Å². The molecule has 1 aromatic carbocycles. The van der Waals surface area contributed by atoms with Gasteiger partial charge in [0.1, 0.15) is 0 Å². The zero-order valence-electron chi connectivity index (χ0n) is 9.80. The Morgan fingerprint density at radius 2 is 2.28 bits per heavy atom. The first kappa shape index (κ1) is 12.1. The lowest BCUT2D eigenvalue weighted by molar-refractivity contribution is -0.110. The monoisotopic (exact) mass is 247 g/mol. The van der Waals surface area contributed by atoms with Gasteiger partial charge in [0.15, 0.2) is 5.84 Å². The van der Waals surface area contributed by atoms with Crippen molar-refractivity contribution >= 4 is 23.4 Å². The third-order valence-corrected chi connectivity index (χ3v) is 2.49. The largest absolute Gasteiger partial charge is 0.478 e. The smallest absolute Gasteiger partial charge is 0.335 e. The molecule has 1 atom stereocenters. The minimum atomic E-state index is -1.03. The summed E-state index contributed by atoms with van der Waals surface area (Å²) in [6.45, 7) is 2.49. The summed E-state index contributed by atoms with van der Waals surface area (Å²) in [7, 11) is 0. The molecule has 2 rings (SSSR count). The van der Waals surface area contributed by atoms with Gasteiger partial charge in [-0.05, 0) is 25.1 Å². The molecule has 1 aliphatic rings. The van der Waals surface area contributed by atoms with Crippen molar-refractivity contribution in [3.05, 3.63) is 29.8 Å². The molecule has 0 saturated carbocycles. The van der Waals surface area contributed by atoms with Crippen LogP contribution in [0.2, 0.25) is 0 Å². The molecule has 1 aromatic rings. The van der Waals surface area contributed by atoms with Gasteiger partial charge in [-0.1, -0.05) is 6.07 Å². The summed E-state index contributed by atoms with van der Waals surface area (Å²) in [6, 6.07) is 6.22. The zero-order valence-corrected chi connectivity index (χ0v) is 9.80. The third kappa shape index (κ3) is 2.65. The summed E-state index contributed by atoms with van der Waals surface area (Å²) in [5.41, 5.74) is 0.562. The molecule has 0 aliphatic carbocycles. The number of hydrogen-bond acceptors (Lipinski definition) is 4. The molecule has 0 fully saturated rings. The van der Waals surface area contributed by atoms with Crippen LogP contribution >= 0.6 is 0 Å². The van der Waals surface area contributed by atoms with Gasteiger partial charge in [0.2, 0.25) is 0 Å². The summed E-state index contributed by atoms with van der Waals surface area (Å²) in [5, 5.41) is 14.4. The summed E-state index contributed by atoms with van der Waals surface area (Å²) in [4.78, 5) is 26.6. The van der Waals surface area contributed by atoms with Crippen LogP contribution in [0.3, 0.4) is 0 Å². The Bertz CT molecular complexity index is 525. The predicted molar refractivity (Wildman–Crippen MR) is 66.9 cm³/mol. The lowest BCUT2D eigenvalue weighted by atomic mass is 10.2. The highest BCUT2D eigenvalue weighted by Gasteiger charge is 2.19. The number of aliphatic imine (C=N–C) groups is 1. The van der Waals surface area contributed by atoms with Gasteiger partial charge >= 0.3 is 5.97 Å². The lowest BCUT2D eigenvalue weighted by Gasteiger charge is -2.07. The number of amides is 1. The van der Waals surface area contributed by atoms with Gasteiger partial charge in [0, 0.05) is 11.7 Å². The number of amidine groups is 1. The van der Waals surface area contributed by atoms with Crippen LogP contribution in [-0.4, -0.2) is 35.4 Å². The van der Waals surface area contributed by atoms with E-state index in [1.54, 1.807) is 12.1 Å². The summed E-state index contributed by atoms with van der Waals surface area (Å²) >= 11 is 0.